The average Bonchev–Trinajstić information content (AvgIpc) is 2.02. The van der Waals surface area contributed by atoms with E-state index in [2.05, 4.69) is 5.32 Å². The predicted molar refractivity (Wildman–Crippen MR) is 44.3 cm³/mol. The summed E-state index contributed by atoms with van der Waals surface area (Å²) >= 11 is 0. The second kappa shape index (κ2) is 3.74. The van der Waals surface area contributed by atoms with Gasteiger partial charge in [0, 0.05) is 0 Å². The van der Waals surface area contributed by atoms with E-state index >= 15 is 0 Å². The molecule has 3 atom stereocenters. The van der Waals surface area contributed by atoms with Gasteiger partial charge in [0.2, 0.25) is 0 Å². The van der Waals surface area contributed by atoms with E-state index in [1.54, 1.807) is 6.92 Å². The average molecular weight is 187 g/mol. The van der Waals surface area contributed by atoms with Crippen molar-refractivity contribution in [1.29, 1.82) is 0 Å². The van der Waals surface area contributed by atoms with Gasteiger partial charge in [0.25, 0.3) is 0 Å². The van der Waals surface area contributed by atoms with E-state index in [1.165, 1.54) is 0 Å². The molecule has 13 heavy (non-hydrogen) atoms. The Morgan fingerprint density at radius 1 is 1.31 bits per heavy atom. The van der Waals surface area contributed by atoms with Crippen LogP contribution in [0.1, 0.15) is 13.3 Å². The lowest BCUT2D eigenvalue weighted by atomic mass is 9.82. The van der Waals surface area contributed by atoms with Crippen molar-refractivity contribution in [2.45, 2.75) is 19.4 Å². The molecule has 1 aliphatic rings. The normalized spacial score (nSPS) is 34.1. The first kappa shape index (κ1) is 9.98. The lowest BCUT2D eigenvalue weighted by Crippen LogP contribution is -2.52. The molecule has 0 aliphatic carbocycles. The maximum absolute atomic E-state index is 10.8. The fourth-order valence-electron chi connectivity index (χ4n) is 1.73. The highest BCUT2D eigenvalue weighted by molar-refractivity contribution is 5.83. The van der Waals surface area contributed by atoms with Gasteiger partial charge in [-0.25, -0.2) is 0 Å². The number of hydrogen-bond donors (Lipinski definition) is 3. The highest BCUT2D eigenvalue weighted by Crippen LogP contribution is 2.23. The van der Waals surface area contributed by atoms with Crippen molar-refractivity contribution >= 4 is 11.9 Å². The summed E-state index contributed by atoms with van der Waals surface area (Å²) in [5, 5.41) is 20.3. The van der Waals surface area contributed by atoms with Crippen molar-refractivity contribution < 1.29 is 19.8 Å². The van der Waals surface area contributed by atoms with Gasteiger partial charge in [-0.05, 0) is 18.9 Å². The van der Waals surface area contributed by atoms with E-state index in [1.807, 2.05) is 0 Å². The standard InChI is InChI=1S/C8H13NO4/c1-4-2-3-9-6(8(12)13)5(4)7(10)11/h4-6,9H,2-3H2,1H3,(H,10,11)(H,12,13)/t4-,5-,6+/m0/s1. The smallest absolute Gasteiger partial charge is 0.321 e. The van der Waals surface area contributed by atoms with Crippen LogP contribution in [0.4, 0.5) is 0 Å². The summed E-state index contributed by atoms with van der Waals surface area (Å²) in [4.78, 5) is 21.5. The van der Waals surface area contributed by atoms with E-state index in [4.69, 9.17) is 10.2 Å². The second-order valence-corrected chi connectivity index (χ2v) is 3.40. The highest BCUT2D eigenvalue weighted by atomic mass is 16.4. The maximum Gasteiger partial charge on any atom is 0.321 e. The summed E-state index contributed by atoms with van der Waals surface area (Å²) in [6.45, 7) is 2.34. The van der Waals surface area contributed by atoms with E-state index in [9.17, 15) is 9.59 Å². The van der Waals surface area contributed by atoms with Crippen LogP contribution in [0, 0.1) is 11.8 Å². The first-order valence-electron chi connectivity index (χ1n) is 4.23. The summed E-state index contributed by atoms with van der Waals surface area (Å²) in [6.07, 6.45) is 0.709. The fraction of sp³-hybridized carbons (Fsp3) is 0.750. The molecule has 5 heteroatoms. The van der Waals surface area contributed by atoms with Gasteiger partial charge in [-0.3, -0.25) is 9.59 Å². The molecule has 1 heterocycles. The van der Waals surface area contributed by atoms with Crippen molar-refractivity contribution in [3.05, 3.63) is 0 Å². The van der Waals surface area contributed by atoms with Crippen LogP contribution in [-0.4, -0.2) is 34.7 Å². The summed E-state index contributed by atoms with van der Waals surface area (Å²) in [5.74, 6) is -3.02. The zero-order valence-corrected chi connectivity index (χ0v) is 7.36. The number of hydrogen-bond acceptors (Lipinski definition) is 3. The Morgan fingerprint density at radius 3 is 2.31 bits per heavy atom. The van der Waals surface area contributed by atoms with Gasteiger partial charge in [-0.2, -0.15) is 0 Å². The third-order valence-electron chi connectivity index (χ3n) is 2.49. The minimum absolute atomic E-state index is 0.0835. The van der Waals surface area contributed by atoms with Crippen molar-refractivity contribution in [3.8, 4) is 0 Å². The van der Waals surface area contributed by atoms with Crippen LogP contribution >= 0.6 is 0 Å². The van der Waals surface area contributed by atoms with Gasteiger partial charge in [0.15, 0.2) is 0 Å². The molecule has 0 saturated carbocycles. The first-order chi connectivity index (χ1) is 6.04. The number of carboxylic acid groups (broad SMARTS) is 2. The zero-order chi connectivity index (χ0) is 10.0. The Morgan fingerprint density at radius 2 is 1.92 bits per heavy atom. The number of aliphatic carboxylic acids is 2. The molecule has 0 spiro atoms. The molecule has 74 valence electrons. The molecule has 1 saturated heterocycles. The lowest BCUT2D eigenvalue weighted by molar-refractivity contribution is -0.154. The highest BCUT2D eigenvalue weighted by Gasteiger charge is 2.39. The SMILES string of the molecule is C[C@H]1CCN[C@@H](C(=O)O)[C@H]1C(=O)O. The lowest BCUT2D eigenvalue weighted by Gasteiger charge is -2.31. The molecule has 1 aliphatic heterocycles. The van der Waals surface area contributed by atoms with Crippen molar-refractivity contribution in [2.75, 3.05) is 6.54 Å². The molecule has 1 rings (SSSR count). The quantitative estimate of drug-likeness (QED) is 0.556. The summed E-state index contributed by atoms with van der Waals surface area (Å²) in [6, 6.07) is -0.943. The molecule has 0 amide bonds. The van der Waals surface area contributed by atoms with Gasteiger partial charge < -0.3 is 15.5 Å². The van der Waals surface area contributed by atoms with Crippen LogP contribution in [0.3, 0.4) is 0 Å². The van der Waals surface area contributed by atoms with Crippen LogP contribution in [0.5, 0.6) is 0 Å². The summed E-state index contributed by atoms with van der Waals surface area (Å²) in [5.41, 5.74) is 0. The molecule has 5 nitrogen and oxygen atoms in total. The van der Waals surface area contributed by atoms with E-state index in [0.29, 0.717) is 13.0 Å². The van der Waals surface area contributed by atoms with Crippen LogP contribution in [0.25, 0.3) is 0 Å². The van der Waals surface area contributed by atoms with E-state index < -0.39 is 23.9 Å². The summed E-state index contributed by atoms with van der Waals surface area (Å²) in [7, 11) is 0. The van der Waals surface area contributed by atoms with Crippen LogP contribution < -0.4 is 5.32 Å². The van der Waals surface area contributed by atoms with Gasteiger partial charge in [-0.1, -0.05) is 6.92 Å². The number of piperidine rings is 1. The fourth-order valence-corrected chi connectivity index (χ4v) is 1.73. The van der Waals surface area contributed by atoms with E-state index in [0.717, 1.165) is 0 Å². The van der Waals surface area contributed by atoms with Gasteiger partial charge >= 0.3 is 11.9 Å². The monoisotopic (exact) mass is 187 g/mol. The number of nitrogens with one attached hydrogen (secondary N) is 1. The second-order valence-electron chi connectivity index (χ2n) is 3.40. The van der Waals surface area contributed by atoms with Crippen molar-refractivity contribution in [3.63, 3.8) is 0 Å². The van der Waals surface area contributed by atoms with E-state index in [-0.39, 0.29) is 5.92 Å². The molecule has 1 fully saturated rings. The molecule has 3 N–H and O–H groups in total. The van der Waals surface area contributed by atoms with Crippen LogP contribution in [0.2, 0.25) is 0 Å². The number of carboxylic acids is 2. The molecule has 0 aromatic rings. The maximum atomic E-state index is 10.8. The zero-order valence-electron chi connectivity index (χ0n) is 7.36. The molecule has 0 bridgehead atoms. The van der Waals surface area contributed by atoms with Crippen molar-refractivity contribution in [2.24, 2.45) is 11.8 Å². The number of rotatable bonds is 2. The van der Waals surface area contributed by atoms with Crippen LogP contribution in [0.15, 0.2) is 0 Å². The Balaban J connectivity index is 2.80. The molecule has 0 aromatic carbocycles. The Labute approximate surface area is 75.7 Å². The molecule has 0 radical (unpaired) electrons. The molecular weight excluding hydrogens is 174 g/mol. The predicted octanol–water partition coefficient (Wildman–Crippen LogP) is -0.230. The van der Waals surface area contributed by atoms with Crippen LogP contribution in [-0.2, 0) is 9.59 Å². The third kappa shape index (κ3) is 1.98. The van der Waals surface area contributed by atoms with Crippen molar-refractivity contribution in [1.82, 2.24) is 5.32 Å². The Bertz CT molecular complexity index is 228. The van der Waals surface area contributed by atoms with Gasteiger partial charge in [-0.15, -0.1) is 0 Å². The molecular formula is C8H13NO4. The number of carbonyl (C=O) groups is 2. The molecule has 0 aromatic heterocycles. The minimum atomic E-state index is -1.08. The summed E-state index contributed by atoms with van der Waals surface area (Å²) < 4.78 is 0. The Kier molecular flexibility index (Phi) is 2.87. The molecule has 0 unspecified atom stereocenters. The largest absolute Gasteiger partial charge is 0.481 e. The third-order valence-corrected chi connectivity index (χ3v) is 2.49. The van der Waals surface area contributed by atoms with Gasteiger partial charge in [0.05, 0.1) is 5.92 Å². The first-order valence-corrected chi connectivity index (χ1v) is 4.23. The minimum Gasteiger partial charge on any atom is -0.481 e. The topological polar surface area (TPSA) is 86.6 Å². The Hall–Kier alpha value is -1.10. The van der Waals surface area contributed by atoms with Gasteiger partial charge in [0.1, 0.15) is 6.04 Å².